The van der Waals surface area contributed by atoms with Crippen LogP contribution in [0, 0.1) is 13.8 Å². The van der Waals surface area contributed by atoms with Crippen molar-refractivity contribution in [3.63, 3.8) is 0 Å². The number of carbonyl (C=O) groups is 1. The monoisotopic (exact) mass is 341 g/mol. The quantitative estimate of drug-likeness (QED) is 0.499. The molecule has 0 saturated carbocycles. The van der Waals surface area contributed by atoms with Gasteiger partial charge in [0.1, 0.15) is 5.58 Å². The van der Waals surface area contributed by atoms with Crippen LogP contribution in [-0.2, 0) is 0 Å². The van der Waals surface area contributed by atoms with Gasteiger partial charge in [0.05, 0.1) is 0 Å². The van der Waals surface area contributed by atoms with Gasteiger partial charge < -0.3 is 9.73 Å². The zero-order valence-corrected chi connectivity index (χ0v) is 14.7. The minimum Gasteiger partial charge on any atom is -0.450 e. The lowest BCUT2D eigenvalue weighted by Gasteiger charge is -2.10. The van der Waals surface area contributed by atoms with Gasteiger partial charge in [-0.3, -0.25) is 4.79 Å². The zero-order chi connectivity index (χ0) is 18.1. The predicted octanol–water partition coefficient (Wildman–Crippen LogP) is 5.97. The summed E-state index contributed by atoms with van der Waals surface area (Å²) in [6.45, 7) is 3.90. The summed E-state index contributed by atoms with van der Waals surface area (Å²) in [4.78, 5) is 12.9. The molecule has 0 aliphatic rings. The number of nitrogens with one attached hydrogen (secondary N) is 1. The number of anilines is 1. The summed E-state index contributed by atoms with van der Waals surface area (Å²) in [7, 11) is 0. The van der Waals surface area contributed by atoms with E-state index in [4.69, 9.17) is 4.42 Å². The second-order valence-corrected chi connectivity index (χ2v) is 6.37. The highest BCUT2D eigenvalue weighted by Crippen LogP contribution is 2.31. The van der Waals surface area contributed by atoms with Crippen LogP contribution in [-0.4, -0.2) is 5.91 Å². The Bertz CT molecular complexity index is 1090. The fourth-order valence-corrected chi connectivity index (χ4v) is 3.24. The molecule has 4 rings (SSSR count). The molecule has 0 unspecified atom stereocenters. The Balaban J connectivity index is 1.72. The first-order valence-electron chi connectivity index (χ1n) is 8.59. The highest BCUT2D eigenvalue weighted by Gasteiger charge is 2.19. The van der Waals surface area contributed by atoms with Crippen LogP contribution in [0.25, 0.3) is 22.1 Å². The first-order valence-corrected chi connectivity index (χ1v) is 8.59. The van der Waals surface area contributed by atoms with Crippen LogP contribution in [0.5, 0.6) is 0 Å². The maximum atomic E-state index is 12.9. The maximum absolute atomic E-state index is 12.9. The number of amides is 1. The van der Waals surface area contributed by atoms with Crippen molar-refractivity contribution in [3.05, 3.63) is 89.7 Å². The molecule has 1 heterocycles. The number of rotatable bonds is 3. The molecule has 1 amide bonds. The van der Waals surface area contributed by atoms with Crippen molar-refractivity contribution in [2.24, 2.45) is 0 Å². The number of hydrogen-bond acceptors (Lipinski definition) is 2. The topological polar surface area (TPSA) is 42.2 Å². The average molecular weight is 341 g/mol. The molecule has 1 N–H and O–H groups in total. The van der Waals surface area contributed by atoms with Crippen LogP contribution >= 0.6 is 0 Å². The Morgan fingerprint density at radius 1 is 0.846 bits per heavy atom. The third-order valence-corrected chi connectivity index (χ3v) is 4.63. The molecule has 0 bridgehead atoms. The third-order valence-electron chi connectivity index (χ3n) is 4.63. The average Bonchev–Trinajstić information content (AvgIpc) is 3.01. The summed E-state index contributed by atoms with van der Waals surface area (Å²) in [6, 6.07) is 23.7. The van der Waals surface area contributed by atoms with Gasteiger partial charge in [0.25, 0.3) is 5.91 Å². The van der Waals surface area contributed by atoms with Crippen LogP contribution < -0.4 is 5.32 Å². The molecular weight excluding hydrogens is 322 g/mol. The molecule has 0 atom stereocenters. The number of aryl methyl sites for hydroxylation is 2. The Morgan fingerprint density at radius 2 is 1.58 bits per heavy atom. The van der Waals surface area contributed by atoms with E-state index in [1.807, 2.05) is 86.6 Å². The lowest BCUT2D eigenvalue weighted by atomic mass is 10.0. The molecule has 0 fully saturated rings. The smallest absolute Gasteiger partial charge is 0.291 e. The van der Waals surface area contributed by atoms with E-state index in [1.54, 1.807) is 0 Å². The van der Waals surface area contributed by atoms with E-state index in [0.717, 1.165) is 38.9 Å². The Labute approximate surface area is 152 Å². The predicted molar refractivity (Wildman–Crippen MR) is 106 cm³/mol. The summed E-state index contributed by atoms with van der Waals surface area (Å²) >= 11 is 0. The van der Waals surface area contributed by atoms with E-state index < -0.39 is 0 Å². The molecule has 3 aromatic carbocycles. The highest BCUT2D eigenvalue weighted by molar-refractivity contribution is 6.08. The summed E-state index contributed by atoms with van der Waals surface area (Å²) in [5.41, 5.74) is 5.45. The third kappa shape index (κ3) is 2.78. The van der Waals surface area contributed by atoms with Gasteiger partial charge in [-0.05, 0) is 31.0 Å². The van der Waals surface area contributed by atoms with Crippen LogP contribution in [0.15, 0.2) is 77.2 Å². The molecule has 0 spiro atoms. The first-order chi connectivity index (χ1) is 12.6. The van der Waals surface area contributed by atoms with Gasteiger partial charge >= 0.3 is 0 Å². The molecule has 0 aliphatic carbocycles. The minimum atomic E-state index is -0.235. The molecule has 128 valence electrons. The maximum Gasteiger partial charge on any atom is 0.291 e. The molecule has 26 heavy (non-hydrogen) atoms. The molecule has 0 radical (unpaired) electrons. The van der Waals surface area contributed by atoms with Crippen molar-refractivity contribution < 1.29 is 9.21 Å². The fourth-order valence-electron chi connectivity index (χ4n) is 3.24. The van der Waals surface area contributed by atoms with E-state index >= 15 is 0 Å². The van der Waals surface area contributed by atoms with E-state index in [-0.39, 0.29) is 5.91 Å². The molecule has 0 saturated heterocycles. The summed E-state index contributed by atoms with van der Waals surface area (Å²) in [6.07, 6.45) is 0. The van der Waals surface area contributed by atoms with E-state index in [0.29, 0.717) is 5.76 Å². The van der Waals surface area contributed by atoms with Crippen molar-refractivity contribution in [3.8, 4) is 11.1 Å². The second-order valence-electron chi connectivity index (χ2n) is 6.37. The number of fused-ring (bicyclic) bond motifs is 1. The number of benzene rings is 3. The zero-order valence-electron chi connectivity index (χ0n) is 14.7. The Hall–Kier alpha value is -3.33. The van der Waals surface area contributed by atoms with Crippen molar-refractivity contribution in [2.75, 3.05) is 5.32 Å². The van der Waals surface area contributed by atoms with Gasteiger partial charge in [-0.15, -0.1) is 0 Å². The molecule has 4 aromatic rings. The number of hydrogen-bond donors (Lipinski definition) is 1. The minimum absolute atomic E-state index is 0.235. The summed E-state index contributed by atoms with van der Waals surface area (Å²) in [5.74, 6) is 0.124. The fraction of sp³-hybridized carbons (Fsp3) is 0.0870. The lowest BCUT2D eigenvalue weighted by molar-refractivity contribution is 0.0998. The van der Waals surface area contributed by atoms with Crippen molar-refractivity contribution in [2.45, 2.75) is 13.8 Å². The van der Waals surface area contributed by atoms with Crippen LogP contribution in [0.2, 0.25) is 0 Å². The second kappa shape index (κ2) is 6.52. The molecule has 3 heteroatoms. The van der Waals surface area contributed by atoms with Gasteiger partial charge in [0.15, 0.2) is 5.76 Å². The lowest BCUT2D eigenvalue weighted by Crippen LogP contribution is -2.12. The van der Waals surface area contributed by atoms with Gasteiger partial charge in [0, 0.05) is 22.2 Å². The standard InChI is InChI=1S/C23H19NO2/c1-15-9-8-13-18-16(2)22(26-21(15)18)23(25)24-20-14-7-6-12-19(20)17-10-4-3-5-11-17/h3-14H,1-2H3,(H,24,25). The van der Waals surface area contributed by atoms with Gasteiger partial charge in [-0.1, -0.05) is 66.7 Å². The van der Waals surface area contributed by atoms with Gasteiger partial charge in [-0.25, -0.2) is 0 Å². The molecule has 3 nitrogen and oxygen atoms in total. The van der Waals surface area contributed by atoms with E-state index in [2.05, 4.69) is 5.32 Å². The summed E-state index contributed by atoms with van der Waals surface area (Å²) in [5, 5.41) is 3.99. The van der Waals surface area contributed by atoms with Crippen molar-refractivity contribution in [1.29, 1.82) is 0 Å². The number of furan rings is 1. The first kappa shape index (κ1) is 16.2. The Kier molecular flexibility index (Phi) is 4.05. The number of para-hydroxylation sites is 2. The largest absolute Gasteiger partial charge is 0.450 e. The molecule has 0 aliphatic heterocycles. The normalized spacial score (nSPS) is 10.8. The highest BCUT2D eigenvalue weighted by atomic mass is 16.3. The van der Waals surface area contributed by atoms with Gasteiger partial charge in [-0.2, -0.15) is 0 Å². The molecular formula is C23H19NO2. The van der Waals surface area contributed by atoms with E-state index in [9.17, 15) is 4.79 Å². The molecule has 1 aromatic heterocycles. The van der Waals surface area contributed by atoms with Crippen LogP contribution in [0.3, 0.4) is 0 Å². The van der Waals surface area contributed by atoms with Crippen molar-refractivity contribution in [1.82, 2.24) is 0 Å². The van der Waals surface area contributed by atoms with E-state index in [1.165, 1.54) is 0 Å². The SMILES string of the molecule is Cc1c(C(=O)Nc2ccccc2-c2ccccc2)oc2c(C)cccc12. The number of carbonyl (C=O) groups excluding carboxylic acids is 1. The van der Waals surface area contributed by atoms with Gasteiger partial charge in [0.2, 0.25) is 0 Å². The van der Waals surface area contributed by atoms with Crippen LogP contribution in [0.4, 0.5) is 5.69 Å². The van der Waals surface area contributed by atoms with Crippen molar-refractivity contribution >= 4 is 22.6 Å². The summed E-state index contributed by atoms with van der Waals surface area (Å²) < 4.78 is 5.90. The Morgan fingerprint density at radius 3 is 2.35 bits per heavy atom. The van der Waals surface area contributed by atoms with Crippen LogP contribution in [0.1, 0.15) is 21.7 Å².